The minimum Gasteiger partial charge on any atom is -0.388 e. The molecule has 1 N–H and O–H groups in total. The van der Waals surface area contributed by atoms with E-state index in [9.17, 15) is 5.11 Å². The average molecular weight is 247 g/mol. The van der Waals surface area contributed by atoms with E-state index in [1.165, 1.54) is 11.1 Å². The van der Waals surface area contributed by atoms with Crippen molar-refractivity contribution in [2.45, 2.75) is 31.0 Å². The Labute approximate surface area is 108 Å². The molecular formula is C15H21NO2. The molecule has 1 aromatic carbocycles. The maximum absolute atomic E-state index is 10.6. The first kappa shape index (κ1) is 12.2. The molecule has 0 aromatic heterocycles. The molecule has 0 spiro atoms. The van der Waals surface area contributed by atoms with Crippen LogP contribution in [-0.4, -0.2) is 42.4 Å². The Morgan fingerprint density at radius 1 is 1.44 bits per heavy atom. The van der Waals surface area contributed by atoms with Crippen LogP contribution in [0.1, 0.15) is 30.1 Å². The number of fused-ring (bicyclic) bond motifs is 1. The Bertz CT molecular complexity index is 434. The Morgan fingerprint density at radius 2 is 2.28 bits per heavy atom. The number of likely N-dealkylation sites (tertiary alicyclic amines) is 1. The fourth-order valence-corrected chi connectivity index (χ4v) is 3.22. The van der Waals surface area contributed by atoms with Crippen molar-refractivity contribution in [1.82, 2.24) is 4.90 Å². The summed E-state index contributed by atoms with van der Waals surface area (Å²) in [6.07, 6.45) is 2.62. The summed E-state index contributed by atoms with van der Waals surface area (Å²) in [6, 6.07) is 8.46. The Balaban J connectivity index is 1.78. The van der Waals surface area contributed by atoms with E-state index in [0.29, 0.717) is 6.42 Å². The third-order valence-electron chi connectivity index (χ3n) is 4.18. The highest BCUT2D eigenvalue weighted by molar-refractivity contribution is 5.31. The molecule has 2 aliphatic rings. The van der Waals surface area contributed by atoms with Gasteiger partial charge in [-0.3, -0.25) is 0 Å². The Kier molecular flexibility index (Phi) is 3.14. The van der Waals surface area contributed by atoms with Crippen LogP contribution < -0.4 is 0 Å². The van der Waals surface area contributed by atoms with Crippen LogP contribution in [0.2, 0.25) is 0 Å². The predicted octanol–water partition coefficient (Wildman–Crippen LogP) is 1.76. The summed E-state index contributed by atoms with van der Waals surface area (Å²) in [4.78, 5) is 2.19. The Morgan fingerprint density at radius 3 is 3.06 bits per heavy atom. The second-order valence-corrected chi connectivity index (χ2v) is 5.72. The van der Waals surface area contributed by atoms with Gasteiger partial charge in [-0.25, -0.2) is 0 Å². The molecule has 2 heterocycles. The van der Waals surface area contributed by atoms with Crippen LogP contribution in [0.4, 0.5) is 0 Å². The minimum absolute atomic E-state index is 0.0615. The second kappa shape index (κ2) is 4.65. The first-order valence-electron chi connectivity index (χ1n) is 6.77. The van der Waals surface area contributed by atoms with Gasteiger partial charge in [-0.2, -0.15) is 0 Å². The molecule has 18 heavy (non-hydrogen) atoms. The zero-order chi connectivity index (χ0) is 12.6. The molecule has 3 rings (SSSR count). The van der Waals surface area contributed by atoms with E-state index in [1.54, 1.807) is 0 Å². The first-order valence-corrected chi connectivity index (χ1v) is 6.77. The van der Waals surface area contributed by atoms with Crippen molar-refractivity contribution in [3.63, 3.8) is 0 Å². The van der Waals surface area contributed by atoms with Crippen LogP contribution in [0, 0.1) is 0 Å². The lowest BCUT2D eigenvalue weighted by molar-refractivity contribution is -0.0395. The van der Waals surface area contributed by atoms with Crippen molar-refractivity contribution >= 4 is 0 Å². The quantitative estimate of drug-likeness (QED) is 0.864. The molecule has 98 valence electrons. The standard InChI is InChI=1S/C15H21NO2/c1-16-8-7-15(17,11-16)10-14-13-5-3-2-4-12(13)6-9-18-14/h2-5,14,17H,6-11H2,1H3. The molecule has 3 heteroatoms. The summed E-state index contributed by atoms with van der Waals surface area (Å²) >= 11 is 0. The summed E-state index contributed by atoms with van der Waals surface area (Å²) in [6.45, 7) is 2.51. The van der Waals surface area contributed by atoms with Crippen molar-refractivity contribution in [1.29, 1.82) is 0 Å². The smallest absolute Gasteiger partial charge is 0.0855 e. The van der Waals surface area contributed by atoms with Gasteiger partial charge in [0.15, 0.2) is 0 Å². The maximum atomic E-state index is 10.6. The molecule has 2 unspecified atom stereocenters. The normalized spacial score (nSPS) is 32.4. The van der Waals surface area contributed by atoms with Gasteiger partial charge in [0.2, 0.25) is 0 Å². The van der Waals surface area contributed by atoms with Crippen molar-refractivity contribution in [2.75, 3.05) is 26.7 Å². The molecule has 1 fully saturated rings. The van der Waals surface area contributed by atoms with Gasteiger partial charge in [-0.05, 0) is 31.0 Å². The predicted molar refractivity (Wildman–Crippen MR) is 70.5 cm³/mol. The van der Waals surface area contributed by atoms with Crippen molar-refractivity contribution < 1.29 is 9.84 Å². The van der Waals surface area contributed by atoms with Gasteiger partial charge in [0, 0.05) is 19.5 Å². The van der Waals surface area contributed by atoms with Crippen molar-refractivity contribution in [3.8, 4) is 0 Å². The number of β-amino-alcohol motifs (C(OH)–C–C–N with tert-alkyl or cyclic N) is 1. The van der Waals surface area contributed by atoms with Gasteiger partial charge in [0.1, 0.15) is 0 Å². The number of likely N-dealkylation sites (N-methyl/N-ethyl adjacent to an activating group) is 1. The zero-order valence-corrected chi connectivity index (χ0v) is 10.9. The monoisotopic (exact) mass is 247 g/mol. The molecule has 0 radical (unpaired) electrons. The topological polar surface area (TPSA) is 32.7 Å². The minimum atomic E-state index is -0.579. The summed E-state index contributed by atoms with van der Waals surface area (Å²) in [5, 5.41) is 10.6. The highest BCUT2D eigenvalue weighted by atomic mass is 16.5. The van der Waals surface area contributed by atoms with E-state index in [1.807, 2.05) is 0 Å². The summed E-state index contributed by atoms with van der Waals surface area (Å²) in [7, 11) is 2.06. The van der Waals surface area contributed by atoms with E-state index in [4.69, 9.17) is 4.74 Å². The molecule has 1 saturated heterocycles. The van der Waals surface area contributed by atoms with Gasteiger partial charge in [0.05, 0.1) is 18.3 Å². The van der Waals surface area contributed by atoms with Gasteiger partial charge in [-0.15, -0.1) is 0 Å². The van der Waals surface area contributed by atoms with Gasteiger partial charge in [0.25, 0.3) is 0 Å². The lowest BCUT2D eigenvalue weighted by Crippen LogP contribution is -2.35. The fourth-order valence-electron chi connectivity index (χ4n) is 3.22. The molecule has 2 atom stereocenters. The number of hydrogen-bond donors (Lipinski definition) is 1. The molecule has 0 amide bonds. The van der Waals surface area contributed by atoms with Crippen LogP contribution in [0.25, 0.3) is 0 Å². The number of rotatable bonds is 2. The lowest BCUT2D eigenvalue weighted by Gasteiger charge is -2.32. The van der Waals surface area contributed by atoms with Crippen LogP contribution in [-0.2, 0) is 11.2 Å². The van der Waals surface area contributed by atoms with Crippen LogP contribution >= 0.6 is 0 Å². The summed E-state index contributed by atoms with van der Waals surface area (Å²) in [5.41, 5.74) is 2.07. The summed E-state index contributed by atoms with van der Waals surface area (Å²) in [5.74, 6) is 0. The summed E-state index contributed by atoms with van der Waals surface area (Å²) < 4.78 is 5.89. The highest BCUT2D eigenvalue weighted by Crippen LogP contribution is 2.36. The van der Waals surface area contributed by atoms with E-state index in [-0.39, 0.29) is 6.10 Å². The fraction of sp³-hybridized carbons (Fsp3) is 0.600. The van der Waals surface area contributed by atoms with Crippen LogP contribution in [0.3, 0.4) is 0 Å². The van der Waals surface area contributed by atoms with E-state index in [2.05, 4.69) is 36.2 Å². The highest BCUT2D eigenvalue weighted by Gasteiger charge is 2.38. The van der Waals surface area contributed by atoms with E-state index >= 15 is 0 Å². The third kappa shape index (κ3) is 2.30. The number of benzene rings is 1. The third-order valence-corrected chi connectivity index (χ3v) is 4.18. The first-order chi connectivity index (χ1) is 8.66. The number of nitrogens with zero attached hydrogens (tertiary/aromatic N) is 1. The Hall–Kier alpha value is -0.900. The molecular weight excluding hydrogens is 226 g/mol. The number of hydrogen-bond acceptors (Lipinski definition) is 3. The maximum Gasteiger partial charge on any atom is 0.0855 e. The van der Waals surface area contributed by atoms with Gasteiger partial charge >= 0.3 is 0 Å². The van der Waals surface area contributed by atoms with Crippen molar-refractivity contribution in [3.05, 3.63) is 35.4 Å². The zero-order valence-electron chi connectivity index (χ0n) is 10.9. The number of aliphatic hydroxyl groups is 1. The number of ether oxygens (including phenoxy) is 1. The average Bonchev–Trinajstić information content (AvgIpc) is 2.70. The molecule has 1 aromatic rings. The van der Waals surface area contributed by atoms with Crippen LogP contribution in [0.15, 0.2) is 24.3 Å². The molecule has 3 nitrogen and oxygen atoms in total. The van der Waals surface area contributed by atoms with Gasteiger partial charge < -0.3 is 14.7 Å². The second-order valence-electron chi connectivity index (χ2n) is 5.72. The van der Waals surface area contributed by atoms with E-state index in [0.717, 1.165) is 32.5 Å². The lowest BCUT2D eigenvalue weighted by atomic mass is 9.88. The van der Waals surface area contributed by atoms with Gasteiger partial charge in [-0.1, -0.05) is 24.3 Å². The molecule has 2 aliphatic heterocycles. The largest absolute Gasteiger partial charge is 0.388 e. The molecule has 0 bridgehead atoms. The van der Waals surface area contributed by atoms with Crippen LogP contribution in [0.5, 0.6) is 0 Å². The molecule has 0 aliphatic carbocycles. The van der Waals surface area contributed by atoms with E-state index < -0.39 is 5.60 Å². The van der Waals surface area contributed by atoms with Crippen molar-refractivity contribution in [2.24, 2.45) is 0 Å². The molecule has 0 saturated carbocycles. The SMILES string of the molecule is CN1CCC(O)(CC2OCCc3ccccc32)C1.